The number of benzene rings is 2. The molecule has 2 aromatic carbocycles. The average molecular weight is 369 g/mol. The molecule has 0 bridgehead atoms. The highest BCUT2D eigenvalue weighted by Crippen LogP contribution is 2.28. The Hall–Kier alpha value is -2.53. The number of ether oxygens (including phenoxy) is 2. The van der Waals surface area contributed by atoms with Gasteiger partial charge in [0.25, 0.3) is 5.91 Å². The maximum absolute atomic E-state index is 12.5. The van der Waals surface area contributed by atoms with Gasteiger partial charge < -0.3 is 19.7 Å². The second-order valence-electron chi connectivity index (χ2n) is 7.17. The lowest BCUT2D eigenvalue weighted by atomic mass is 9.90. The zero-order chi connectivity index (χ0) is 19.1. The summed E-state index contributed by atoms with van der Waals surface area (Å²) in [4.78, 5) is 13.8. The quantitative estimate of drug-likeness (QED) is 0.787. The van der Waals surface area contributed by atoms with E-state index in [0.717, 1.165) is 25.4 Å². The van der Waals surface area contributed by atoms with E-state index >= 15 is 0 Å². The molecule has 144 valence electrons. The molecule has 1 aliphatic heterocycles. The van der Waals surface area contributed by atoms with Gasteiger partial charge in [-0.3, -0.25) is 4.79 Å². The molecule has 2 N–H and O–H groups in total. The molecule has 0 atom stereocenters. The molecule has 1 saturated heterocycles. The zero-order valence-electron chi connectivity index (χ0n) is 16.2. The van der Waals surface area contributed by atoms with Crippen molar-refractivity contribution in [1.82, 2.24) is 0 Å². The maximum atomic E-state index is 12.5. The SMILES string of the molecule is COc1ccc(OC)c(NC(=O)C[NH+]2CCC(Cc3ccccc3)CC2)c1. The maximum Gasteiger partial charge on any atom is 0.279 e. The zero-order valence-corrected chi connectivity index (χ0v) is 16.2. The van der Waals surface area contributed by atoms with Crippen LogP contribution >= 0.6 is 0 Å². The van der Waals surface area contributed by atoms with Crippen molar-refractivity contribution >= 4 is 11.6 Å². The molecule has 0 aliphatic carbocycles. The van der Waals surface area contributed by atoms with Crippen LogP contribution in [0.4, 0.5) is 5.69 Å². The minimum Gasteiger partial charge on any atom is -0.497 e. The highest BCUT2D eigenvalue weighted by Gasteiger charge is 2.24. The largest absolute Gasteiger partial charge is 0.497 e. The number of carbonyl (C=O) groups excluding carboxylic acids is 1. The summed E-state index contributed by atoms with van der Waals surface area (Å²) in [5.41, 5.74) is 2.06. The Labute approximate surface area is 161 Å². The summed E-state index contributed by atoms with van der Waals surface area (Å²) in [5, 5.41) is 2.97. The third-order valence-electron chi connectivity index (χ3n) is 5.27. The van der Waals surface area contributed by atoms with Crippen molar-refractivity contribution in [3.05, 3.63) is 54.1 Å². The summed E-state index contributed by atoms with van der Waals surface area (Å²) in [7, 11) is 3.21. The van der Waals surface area contributed by atoms with Crippen molar-refractivity contribution in [2.24, 2.45) is 5.92 Å². The number of rotatable bonds is 7. The standard InChI is InChI=1S/C22H28N2O3/c1-26-19-8-9-21(27-2)20(15-19)23-22(25)16-24-12-10-18(11-13-24)14-17-6-4-3-5-7-17/h3-9,15,18H,10-14,16H2,1-2H3,(H,23,25)/p+1. The molecule has 5 nitrogen and oxygen atoms in total. The number of nitrogens with one attached hydrogen (secondary N) is 2. The van der Waals surface area contributed by atoms with E-state index in [0.29, 0.717) is 23.7 Å². The van der Waals surface area contributed by atoms with Gasteiger partial charge in [-0.1, -0.05) is 30.3 Å². The molecule has 1 amide bonds. The van der Waals surface area contributed by atoms with Gasteiger partial charge in [-0.05, 0) is 42.9 Å². The van der Waals surface area contributed by atoms with E-state index in [-0.39, 0.29) is 5.91 Å². The number of amides is 1. The molecular weight excluding hydrogens is 340 g/mol. The van der Waals surface area contributed by atoms with Gasteiger partial charge in [0.05, 0.1) is 33.0 Å². The van der Waals surface area contributed by atoms with Gasteiger partial charge in [-0.2, -0.15) is 0 Å². The number of anilines is 1. The van der Waals surface area contributed by atoms with E-state index in [1.54, 1.807) is 26.4 Å². The number of quaternary nitrogens is 1. The molecule has 0 spiro atoms. The summed E-state index contributed by atoms with van der Waals surface area (Å²) in [5.74, 6) is 2.07. The summed E-state index contributed by atoms with van der Waals surface area (Å²) >= 11 is 0. The van der Waals surface area contributed by atoms with Gasteiger partial charge in [0.2, 0.25) is 0 Å². The van der Waals surface area contributed by atoms with Crippen LogP contribution in [-0.2, 0) is 11.2 Å². The highest BCUT2D eigenvalue weighted by atomic mass is 16.5. The first-order valence-corrected chi connectivity index (χ1v) is 9.57. The topological polar surface area (TPSA) is 52.0 Å². The van der Waals surface area contributed by atoms with Gasteiger partial charge in [-0.15, -0.1) is 0 Å². The van der Waals surface area contributed by atoms with Crippen molar-refractivity contribution in [1.29, 1.82) is 0 Å². The molecule has 1 fully saturated rings. The van der Waals surface area contributed by atoms with Crippen LogP contribution in [0.5, 0.6) is 11.5 Å². The number of piperidine rings is 1. The Morgan fingerprint density at radius 3 is 2.48 bits per heavy atom. The fourth-order valence-electron chi connectivity index (χ4n) is 3.75. The normalized spacial score (nSPS) is 19.3. The highest BCUT2D eigenvalue weighted by molar-refractivity contribution is 5.93. The van der Waals surface area contributed by atoms with Gasteiger partial charge in [-0.25, -0.2) is 0 Å². The third kappa shape index (κ3) is 5.47. The lowest BCUT2D eigenvalue weighted by Gasteiger charge is -2.29. The predicted octanol–water partition coefficient (Wildman–Crippen LogP) is 2.18. The number of methoxy groups -OCH3 is 2. The minimum atomic E-state index is 0.0121. The second kappa shape index (κ2) is 9.42. The molecule has 1 aliphatic rings. The fraction of sp³-hybridized carbons (Fsp3) is 0.409. The van der Waals surface area contributed by atoms with E-state index in [1.807, 2.05) is 6.07 Å². The van der Waals surface area contributed by atoms with Crippen LogP contribution < -0.4 is 19.7 Å². The first kappa shape index (κ1) is 19.2. The van der Waals surface area contributed by atoms with E-state index in [2.05, 4.69) is 35.6 Å². The molecule has 3 rings (SSSR count). The van der Waals surface area contributed by atoms with Crippen LogP contribution in [0.2, 0.25) is 0 Å². The van der Waals surface area contributed by atoms with Gasteiger partial charge >= 0.3 is 0 Å². The number of hydrogen-bond donors (Lipinski definition) is 2. The lowest BCUT2D eigenvalue weighted by Crippen LogP contribution is -3.14. The Bertz CT molecular complexity index is 740. The number of likely N-dealkylation sites (tertiary alicyclic amines) is 1. The minimum absolute atomic E-state index is 0.0121. The molecule has 27 heavy (non-hydrogen) atoms. The average Bonchev–Trinajstić information content (AvgIpc) is 2.70. The van der Waals surface area contributed by atoms with Crippen LogP contribution in [-0.4, -0.2) is 39.8 Å². The van der Waals surface area contributed by atoms with E-state index in [4.69, 9.17) is 9.47 Å². The number of carbonyl (C=O) groups is 1. The molecule has 0 aromatic heterocycles. The summed E-state index contributed by atoms with van der Waals surface area (Å²) < 4.78 is 10.6. The smallest absolute Gasteiger partial charge is 0.279 e. The third-order valence-corrected chi connectivity index (χ3v) is 5.27. The van der Waals surface area contributed by atoms with E-state index in [1.165, 1.54) is 23.3 Å². The Morgan fingerprint density at radius 1 is 1.07 bits per heavy atom. The molecule has 1 heterocycles. The van der Waals surface area contributed by atoms with Crippen molar-refractivity contribution in [3.63, 3.8) is 0 Å². The van der Waals surface area contributed by atoms with Crippen LogP contribution in [0.1, 0.15) is 18.4 Å². The van der Waals surface area contributed by atoms with E-state index < -0.39 is 0 Å². The fourth-order valence-corrected chi connectivity index (χ4v) is 3.75. The first-order chi connectivity index (χ1) is 13.2. The van der Waals surface area contributed by atoms with Gasteiger partial charge in [0.1, 0.15) is 11.5 Å². The first-order valence-electron chi connectivity index (χ1n) is 9.57. The lowest BCUT2D eigenvalue weighted by molar-refractivity contribution is -0.898. The van der Waals surface area contributed by atoms with Gasteiger partial charge in [0.15, 0.2) is 6.54 Å². The van der Waals surface area contributed by atoms with Crippen molar-refractivity contribution in [2.45, 2.75) is 19.3 Å². The Morgan fingerprint density at radius 2 is 1.81 bits per heavy atom. The van der Waals surface area contributed by atoms with Crippen molar-refractivity contribution in [3.8, 4) is 11.5 Å². The van der Waals surface area contributed by atoms with Crippen molar-refractivity contribution in [2.75, 3.05) is 39.2 Å². The second-order valence-corrected chi connectivity index (χ2v) is 7.17. The van der Waals surface area contributed by atoms with Crippen LogP contribution in [0.15, 0.2) is 48.5 Å². The monoisotopic (exact) mass is 369 g/mol. The van der Waals surface area contributed by atoms with Crippen LogP contribution in [0, 0.1) is 5.92 Å². The van der Waals surface area contributed by atoms with E-state index in [9.17, 15) is 4.79 Å². The van der Waals surface area contributed by atoms with Crippen LogP contribution in [0.3, 0.4) is 0 Å². The Kier molecular flexibility index (Phi) is 6.71. The molecule has 0 unspecified atom stereocenters. The number of hydrogen-bond acceptors (Lipinski definition) is 3. The molecule has 2 aromatic rings. The predicted molar refractivity (Wildman–Crippen MR) is 107 cm³/mol. The summed E-state index contributed by atoms with van der Waals surface area (Å²) in [6.07, 6.45) is 3.47. The molecule has 0 saturated carbocycles. The summed E-state index contributed by atoms with van der Waals surface area (Å²) in [6.45, 7) is 2.57. The van der Waals surface area contributed by atoms with Crippen molar-refractivity contribution < 1.29 is 19.2 Å². The molecular formula is C22H29N2O3+. The Balaban J connectivity index is 1.48. The van der Waals surface area contributed by atoms with Gasteiger partial charge in [0, 0.05) is 6.07 Å². The molecule has 5 heteroatoms. The van der Waals surface area contributed by atoms with Crippen LogP contribution in [0.25, 0.3) is 0 Å². The summed E-state index contributed by atoms with van der Waals surface area (Å²) in [6, 6.07) is 16.1. The molecule has 0 radical (unpaired) electrons.